The fourth-order valence-electron chi connectivity index (χ4n) is 2.73. The van der Waals surface area contributed by atoms with Gasteiger partial charge in [0.05, 0.1) is 0 Å². The molecule has 28 heavy (non-hydrogen) atoms. The van der Waals surface area contributed by atoms with Crippen molar-refractivity contribution in [2.24, 2.45) is 10.9 Å². The average Bonchev–Trinajstić information content (AvgIpc) is 2.65. The normalized spacial score (nSPS) is 10.1. The van der Waals surface area contributed by atoms with Crippen LogP contribution in [0.1, 0.15) is 27.2 Å². The van der Waals surface area contributed by atoms with Crippen molar-refractivity contribution >= 4 is 12.1 Å². The number of hydrogen-bond acceptors (Lipinski definition) is 3. The molecule has 6 nitrogen and oxygen atoms in total. The number of carbonyl (C=O) groups is 1. The fraction of sp³-hybridized carbons (Fsp3) is 0.100. The van der Waals surface area contributed by atoms with Crippen LogP contribution in [0.5, 0.6) is 0 Å². The van der Waals surface area contributed by atoms with Crippen LogP contribution < -0.4 is 48.8 Å². The van der Waals surface area contributed by atoms with Gasteiger partial charge in [0.1, 0.15) is 11.8 Å². The predicted molar refractivity (Wildman–Crippen MR) is 95.8 cm³/mol. The number of benzene rings is 1. The van der Waals surface area contributed by atoms with E-state index in [0.29, 0.717) is 18.7 Å². The lowest BCUT2D eigenvalue weighted by Gasteiger charge is -2.03. The van der Waals surface area contributed by atoms with E-state index >= 15 is 0 Å². The Morgan fingerprint density at radius 1 is 0.964 bits per heavy atom. The molecule has 2 aromatic heterocycles. The van der Waals surface area contributed by atoms with E-state index in [1.807, 2.05) is 45.8 Å². The van der Waals surface area contributed by atoms with E-state index in [1.165, 1.54) is 6.21 Å². The number of nitrogens with zero attached hydrogens (tertiary/aromatic N) is 3. The van der Waals surface area contributed by atoms with Gasteiger partial charge < -0.3 is 44.9 Å². The molecule has 3 aromatic rings. The van der Waals surface area contributed by atoms with E-state index in [1.54, 1.807) is 12.3 Å². The molecular weight excluding hydrogens is 488 g/mol. The molecule has 2 heterocycles. The summed E-state index contributed by atoms with van der Waals surface area (Å²) < 4.78 is 3.93. The number of hydrogen-bond donors (Lipinski definition) is 2. The van der Waals surface area contributed by atoms with Gasteiger partial charge in [-0.15, -0.1) is 0 Å². The average molecular weight is 508 g/mol. The lowest BCUT2D eigenvalue weighted by Crippen LogP contribution is -3.00. The van der Waals surface area contributed by atoms with Crippen molar-refractivity contribution < 1.29 is 53.1 Å². The summed E-state index contributed by atoms with van der Waals surface area (Å²) in [5, 5.41) is 11.9. The van der Waals surface area contributed by atoms with Crippen molar-refractivity contribution in [3.05, 3.63) is 95.6 Å². The zero-order chi connectivity index (χ0) is 18.4. The smallest absolute Gasteiger partial charge is 0.254 e. The van der Waals surface area contributed by atoms with Gasteiger partial charge in [0.15, 0.2) is 31.7 Å². The second-order valence-electron chi connectivity index (χ2n) is 5.94. The highest BCUT2D eigenvalue weighted by molar-refractivity contribution is 5.92. The van der Waals surface area contributed by atoms with Crippen molar-refractivity contribution in [3.8, 4) is 0 Å². The Balaban J connectivity index is 0.00000196. The van der Waals surface area contributed by atoms with Gasteiger partial charge >= 0.3 is 0 Å². The number of nitrogens with two attached hydrogens (primary N) is 1. The highest BCUT2D eigenvalue weighted by Crippen LogP contribution is 2.05. The Morgan fingerprint density at radius 3 is 2.29 bits per heavy atom. The highest BCUT2D eigenvalue weighted by Gasteiger charge is 2.10. The Morgan fingerprint density at radius 2 is 1.64 bits per heavy atom. The van der Waals surface area contributed by atoms with Gasteiger partial charge in [-0.25, -0.2) is 0 Å². The molecule has 0 saturated carbocycles. The van der Waals surface area contributed by atoms with Gasteiger partial charge in [0.25, 0.3) is 5.91 Å². The van der Waals surface area contributed by atoms with E-state index < -0.39 is 5.91 Å². The van der Waals surface area contributed by atoms with Gasteiger partial charge in [-0.05, 0) is 12.1 Å². The van der Waals surface area contributed by atoms with Gasteiger partial charge in [-0.1, -0.05) is 29.4 Å². The van der Waals surface area contributed by atoms with Gasteiger partial charge in [-0.2, -0.15) is 9.13 Å². The molecule has 0 fully saturated rings. The molecule has 3 N–H and O–H groups in total. The standard InChI is InChI=1S/C20H18N4O2.2BrH/c21-20(25)18-4-3-10-23(15-18)13-16-6-8-17(9-7-16)14-24-11-2-1-5-19(24)12-22-26;;/h1-12,15H,13-14H2,(H-,21,25);2*1H. The molecule has 0 radical (unpaired) electrons. The summed E-state index contributed by atoms with van der Waals surface area (Å²) in [6.07, 6.45) is 7.00. The van der Waals surface area contributed by atoms with Crippen molar-refractivity contribution in [2.75, 3.05) is 0 Å². The summed E-state index contributed by atoms with van der Waals surface area (Å²) in [4.78, 5) is 11.3. The zero-order valence-electron chi connectivity index (χ0n) is 15.0. The second-order valence-corrected chi connectivity index (χ2v) is 5.94. The Kier molecular flexibility index (Phi) is 9.47. The first-order valence-electron chi connectivity index (χ1n) is 8.18. The molecule has 0 aliphatic carbocycles. The first kappa shape index (κ1) is 23.5. The van der Waals surface area contributed by atoms with Crippen LogP contribution in [0.15, 0.2) is 78.3 Å². The van der Waals surface area contributed by atoms with Crippen LogP contribution >= 0.6 is 0 Å². The third-order valence-corrected chi connectivity index (χ3v) is 4.05. The largest absolute Gasteiger partial charge is 1.00 e. The summed E-state index contributed by atoms with van der Waals surface area (Å²) in [6.45, 7) is 1.33. The number of pyridine rings is 2. The first-order valence-corrected chi connectivity index (χ1v) is 8.18. The minimum atomic E-state index is -0.434. The van der Waals surface area contributed by atoms with Crippen LogP contribution in [-0.2, 0) is 13.1 Å². The SMILES string of the molecule is NC(=O)c1ccc[n+](Cc2ccc(C[n+]3ccccc3/C=N/O)cc2)c1.[Br-].[Br-]. The molecule has 0 aliphatic rings. The maximum atomic E-state index is 11.3. The van der Waals surface area contributed by atoms with Crippen LogP contribution in [0, 0.1) is 0 Å². The number of amides is 1. The van der Waals surface area contributed by atoms with Crippen LogP contribution in [0.3, 0.4) is 0 Å². The fourth-order valence-corrected chi connectivity index (χ4v) is 2.73. The lowest BCUT2D eigenvalue weighted by atomic mass is 10.1. The molecule has 1 aromatic carbocycles. The van der Waals surface area contributed by atoms with Crippen molar-refractivity contribution in [3.63, 3.8) is 0 Å². The molecule has 1 amide bonds. The molecule has 146 valence electrons. The third kappa shape index (κ3) is 6.24. The number of carbonyl (C=O) groups excluding carboxylic acids is 1. The zero-order valence-corrected chi connectivity index (χ0v) is 18.1. The molecule has 0 spiro atoms. The minimum absolute atomic E-state index is 0. The van der Waals surface area contributed by atoms with E-state index in [0.717, 1.165) is 16.8 Å². The Labute approximate surface area is 184 Å². The molecule has 0 aliphatic heterocycles. The summed E-state index contributed by atoms with van der Waals surface area (Å²) in [6, 6.07) is 17.5. The van der Waals surface area contributed by atoms with Crippen molar-refractivity contribution in [1.82, 2.24) is 0 Å². The van der Waals surface area contributed by atoms with E-state index in [9.17, 15) is 4.79 Å². The number of primary amides is 1. The molecule has 0 saturated heterocycles. The number of aromatic nitrogens is 2. The second kappa shape index (κ2) is 11.3. The van der Waals surface area contributed by atoms with Gasteiger partial charge in [0.2, 0.25) is 5.69 Å². The van der Waals surface area contributed by atoms with E-state index in [-0.39, 0.29) is 34.0 Å². The maximum absolute atomic E-state index is 11.3. The van der Waals surface area contributed by atoms with Gasteiger partial charge in [-0.3, -0.25) is 4.79 Å². The van der Waals surface area contributed by atoms with Crippen LogP contribution in [-0.4, -0.2) is 17.3 Å². The topological polar surface area (TPSA) is 83.4 Å². The summed E-state index contributed by atoms with van der Waals surface area (Å²) >= 11 is 0. The maximum Gasteiger partial charge on any atom is 0.254 e. The van der Waals surface area contributed by atoms with Crippen molar-refractivity contribution in [2.45, 2.75) is 13.1 Å². The molecule has 0 atom stereocenters. The predicted octanol–water partition coefficient (Wildman–Crippen LogP) is -4.73. The monoisotopic (exact) mass is 506 g/mol. The minimum Gasteiger partial charge on any atom is -1.00 e. The molecule has 8 heteroatoms. The summed E-state index contributed by atoms with van der Waals surface area (Å²) in [5.74, 6) is -0.434. The molecule has 0 unspecified atom stereocenters. The van der Waals surface area contributed by atoms with E-state index in [2.05, 4.69) is 29.4 Å². The molecular formula is C20H20Br2N4O2. The quantitative estimate of drug-likeness (QED) is 0.152. The van der Waals surface area contributed by atoms with Crippen molar-refractivity contribution in [1.29, 1.82) is 0 Å². The summed E-state index contributed by atoms with van der Waals surface area (Å²) in [5.41, 5.74) is 8.88. The lowest BCUT2D eigenvalue weighted by molar-refractivity contribution is -0.689. The molecule has 0 bridgehead atoms. The Hall–Kier alpha value is -2.58. The number of halogens is 2. The number of oxime groups is 1. The number of rotatable bonds is 6. The van der Waals surface area contributed by atoms with Crippen LogP contribution in [0.2, 0.25) is 0 Å². The Bertz CT molecular complexity index is 947. The van der Waals surface area contributed by atoms with Crippen LogP contribution in [0.4, 0.5) is 0 Å². The van der Waals surface area contributed by atoms with Gasteiger partial charge in [0, 0.05) is 29.3 Å². The third-order valence-electron chi connectivity index (χ3n) is 4.05. The van der Waals surface area contributed by atoms with Crippen LogP contribution in [0.25, 0.3) is 0 Å². The highest BCUT2D eigenvalue weighted by atomic mass is 79.9. The molecule has 3 rings (SSSR count). The first-order chi connectivity index (χ1) is 12.7. The van der Waals surface area contributed by atoms with E-state index in [4.69, 9.17) is 10.9 Å². The summed E-state index contributed by atoms with van der Waals surface area (Å²) in [7, 11) is 0.